The number of carbonyl (C=O) groups is 2. The van der Waals surface area contributed by atoms with E-state index in [1.807, 2.05) is 20.8 Å². The maximum atomic E-state index is 12.3. The number of ether oxygens (including phenoxy) is 1. The molecule has 1 rings (SSSR count). The Morgan fingerprint density at radius 2 is 2.17 bits per heavy atom. The van der Waals surface area contributed by atoms with Crippen LogP contribution in [0.25, 0.3) is 0 Å². The molecule has 0 fully saturated rings. The zero-order valence-corrected chi connectivity index (χ0v) is 12.0. The van der Waals surface area contributed by atoms with Crippen LogP contribution < -0.4 is 0 Å². The van der Waals surface area contributed by atoms with Crippen molar-refractivity contribution in [3.8, 4) is 0 Å². The number of ketones is 1. The fraction of sp³-hybridized carbons (Fsp3) is 0.667. The number of nitrogens with zero attached hydrogens (tertiary/aromatic N) is 1. The lowest BCUT2D eigenvalue weighted by Gasteiger charge is -2.34. The molecule has 0 saturated heterocycles. The molecular formula is C12H19NO4S. The van der Waals surface area contributed by atoms with Gasteiger partial charge in [-0.1, -0.05) is 0 Å². The van der Waals surface area contributed by atoms with Gasteiger partial charge in [0.1, 0.15) is 17.0 Å². The number of carbonyl (C=O) groups excluding carboxylic acids is 2. The molecule has 18 heavy (non-hydrogen) atoms. The third kappa shape index (κ3) is 3.41. The van der Waals surface area contributed by atoms with E-state index in [1.165, 1.54) is 16.6 Å². The maximum Gasteiger partial charge on any atom is 0.330 e. The van der Waals surface area contributed by atoms with Crippen LogP contribution >= 0.6 is 0 Å². The highest BCUT2D eigenvalue weighted by molar-refractivity contribution is 7.84. The first kappa shape index (κ1) is 14.9. The lowest BCUT2D eigenvalue weighted by atomic mass is 10.1. The first-order valence-corrected chi connectivity index (χ1v) is 6.96. The second kappa shape index (κ2) is 5.65. The molecule has 0 aromatic rings. The molecule has 0 aromatic heterocycles. The first-order chi connectivity index (χ1) is 8.27. The van der Waals surface area contributed by atoms with Crippen LogP contribution in [-0.4, -0.2) is 37.7 Å². The molecule has 102 valence electrons. The van der Waals surface area contributed by atoms with Gasteiger partial charge >= 0.3 is 5.97 Å². The number of allylic oxidation sites excluding steroid dienone is 1. The van der Waals surface area contributed by atoms with Gasteiger partial charge in [-0.25, -0.2) is 9.00 Å². The topological polar surface area (TPSA) is 63.7 Å². The number of esters is 1. The average Bonchev–Trinajstić information content (AvgIpc) is 2.27. The van der Waals surface area contributed by atoms with E-state index in [9.17, 15) is 13.8 Å². The molecule has 0 saturated carbocycles. The number of rotatable bonds is 3. The largest absolute Gasteiger partial charge is 0.464 e. The van der Waals surface area contributed by atoms with Crippen LogP contribution in [0.5, 0.6) is 0 Å². The second-order valence-electron chi connectivity index (χ2n) is 4.98. The Balaban J connectivity index is 2.98. The molecule has 0 bridgehead atoms. The highest BCUT2D eigenvalue weighted by atomic mass is 32.2. The lowest BCUT2D eigenvalue weighted by Crippen LogP contribution is -2.47. The molecule has 0 spiro atoms. The van der Waals surface area contributed by atoms with Gasteiger partial charge in [0.05, 0.1) is 11.4 Å². The molecule has 0 aromatic carbocycles. The first-order valence-electron chi connectivity index (χ1n) is 5.85. The van der Waals surface area contributed by atoms with Crippen molar-refractivity contribution in [2.45, 2.75) is 44.9 Å². The van der Waals surface area contributed by atoms with E-state index in [4.69, 9.17) is 4.74 Å². The van der Waals surface area contributed by atoms with Crippen molar-refractivity contribution in [1.82, 2.24) is 4.31 Å². The Labute approximate surface area is 110 Å². The van der Waals surface area contributed by atoms with Crippen molar-refractivity contribution in [3.05, 3.63) is 12.3 Å². The third-order valence-corrected chi connectivity index (χ3v) is 4.19. The summed E-state index contributed by atoms with van der Waals surface area (Å²) in [5.74, 6) is -0.664. The van der Waals surface area contributed by atoms with E-state index in [-0.39, 0.29) is 18.8 Å². The van der Waals surface area contributed by atoms with Gasteiger partial charge in [0.25, 0.3) is 0 Å². The summed E-state index contributed by atoms with van der Waals surface area (Å²) in [5, 5.41) is 0. The highest BCUT2D eigenvalue weighted by Gasteiger charge is 2.37. The molecule has 0 aliphatic carbocycles. The maximum absolute atomic E-state index is 12.3. The molecule has 1 unspecified atom stereocenters. The SMILES string of the molecule is CCOC(=O)[C@@H]1CC(=O)C=CN1S(=O)C(C)(C)C. The summed E-state index contributed by atoms with van der Waals surface area (Å²) in [6.07, 6.45) is 2.78. The van der Waals surface area contributed by atoms with Crippen LogP contribution in [0.3, 0.4) is 0 Å². The summed E-state index contributed by atoms with van der Waals surface area (Å²) in [5.41, 5.74) is 0. The summed E-state index contributed by atoms with van der Waals surface area (Å²) in [6.45, 7) is 7.38. The van der Waals surface area contributed by atoms with E-state index in [0.29, 0.717) is 0 Å². The van der Waals surface area contributed by atoms with E-state index >= 15 is 0 Å². The molecule has 5 nitrogen and oxygen atoms in total. The molecule has 0 N–H and O–H groups in total. The molecule has 2 atom stereocenters. The third-order valence-electron chi connectivity index (χ3n) is 2.38. The van der Waals surface area contributed by atoms with Gasteiger partial charge in [0.15, 0.2) is 5.78 Å². The van der Waals surface area contributed by atoms with Crippen molar-refractivity contribution in [2.24, 2.45) is 0 Å². The summed E-state index contributed by atoms with van der Waals surface area (Å²) in [6, 6.07) is -0.789. The molecule has 1 aliphatic rings. The monoisotopic (exact) mass is 273 g/mol. The molecule has 1 heterocycles. The fourth-order valence-corrected chi connectivity index (χ4v) is 2.72. The second-order valence-corrected chi connectivity index (χ2v) is 7.12. The molecular weight excluding hydrogens is 254 g/mol. The zero-order valence-electron chi connectivity index (χ0n) is 11.1. The van der Waals surface area contributed by atoms with Crippen molar-refractivity contribution >= 4 is 22.7 Å². The molecule has 0 amide bonds. The highest BCUT2D eigenvalue weighted by Crippen LogP contribution is 2.23. The van der Waals surface area contributed by atoms with Gasteiger partial charge in [0, 0.05) is 12.6 Å². The standard InChI is InChI=1S/C12H19NO4S/c1-5-17-11(15)10-8-9(14)6-7-13(10)18(16)12(2,3)4/h6-7,10H,5,8H2,1-4H3/t10-,18?/m0/s1. The van der Waals surface area contributed by atoms with Crippen molar-refractivity contribution in [1.29, 1.82) is 0 Å². The fourth-order valence-electron chi connectivity index (χ4n) is 1.52. The lowest BCUT2D eigenvalue weighted by molar-refractivity contribution is -0.148. The van der Waals surface area contributed by atoms with Crippen molar-refractivity contribution in [2.75, 3.05) is 6.61 Å². The van der Waals surface area contributed by atoms with Crippen LogP contribution in [0, 0.1) is 0 Å². The van der Waals surface area contributed by atoms with Gasteiger partial charge in [-0.2, -0.15) is 0 Å². The smallest absolute Gasteiger partial charge is 0.330 e. The van der Waals surface area contributed by atoms with E-state index in [0.717, 1.165) is 0 Å². The van der Waals surface area contributed by atoms with E-state index in [1.54, 1.807) is 6.92 Å². The summed E-state index contributed by atoms with van der Waals surface area (Å²) >= 11 is 0. The van der Waals surface area contributed by atoms with E-state index < -0.39 is 27.7 Å². The van der Waals surface area contributed by atoms with Gasteiger partial charge in [-0.3, -0.25) is 9.10 Å². The average molecular weight is 273 g/mol. The zero-order chi connectivity index (χ0) is 13.9. The minimum absolute atomic E-state index is 0.0111. The van der Waals surface area contributed by atoms with Crippen molar-refractivity contribution < 1.29 is 18.5 Å². The van der Waals surface area contributed by atoms with Crippen LogP contribution in [0.4, 0.5) is 0 Å². The Morgan fingerprint density at radius 3 is 2.67 bits per heavy atom. The van der Waals surface area contributed by atoms with E-state index in [2.05, 4.69) is 0 Å². The normalized spacial score (nSPS) is 21.9. The molecule has 1 aliphatic heterocycles. The van der Waals surface area contributed by atoms with Gasteiger partial charge < -0.3 is 4.74 Å². The van der Waals surface area contributed by atoms with Crippen LogP contribution in [0.2, 0.25) is 0 Å². The minimum Gasteiger partial charge on any atom is -0.464 e. The summed E-state index contributed by atoms with van der Waals surface area (Å²) in [4.78, 5) is 23.2. The van der Waals surface area contributed by atoms with Crippen LogP contribution in [0.1, 0.15) is 34.1 Å². The summed E-state index contributed by atoms with van der Waals surface area (Å²) < 4.78 is 18.1. The Bertz CT molecular complexity index is 397. The Kier molecular flexibility index (Phi) is 4.67. The molecule has 6 heteroatoms. The van der Waals surface area contributed by atoms with Gasteiger partial charge in [-0.05, 0) is 33.8 Å². The Morgan fingerprint density at radius 1 is 1.56 bits per heavy atom. The van der Waals surface area contributed by atoms with Crippen molar-refractivity contribution in [3.63, 3.8) is 0 Å². The quantitative estimate of drug-likeness (QED) is 0.724. The number of hydrogen-bond acceptors (Lipinski definition) is 4. The Hall–Kier alpha value is -1.17. The van der Waals surface area contributed by atoms with Gasteiger partial charge in [-0.15, -0.1) is 0 Å². The predicted octanol–water partition coefficient (Wildman–Crippen LogP) is 1.17. The predicted molar refractivity (Wildman–Crippen MR) is 68.9 cm³/mol. The summed E-state index contributed by atoms with van der Waals surface area (Å²) in [7, 11) is -1.40. The van der Waals surface area contributed by atoms with Crippen LogP contribution in [-0.2, 0) is 25.3 Å². The van der Waals surface area contributed by atoms with Crippen LogP contribution in [0.15, 0.2) is 12.3 Å². The van der Waals surface area contributed by atoms with Gasteiger partial charge in [0.2, 0.25) is 0 Å². The minimum atomic E-state index is -1.40. The number of hydrogen-bond donors (Lipinski definition) is 0. The molecule has 0 radical (unpaired) electrons.